The summed E-state index contributed by atoms with van der Waals surface area (Å²) in [6.45, 7) is 4.65. The molecule has 37 heavy (non-hydrogen) atoms. The van der Waals surface area contributed by atoms with Crippen LogP contribution < -0.4 is 0 Å². The lowest BCUT2D eigenvalue weighted by Crippen LogP contribution is -2.11. The van der Waals surface area contributed by atoms with Crippen molar-refractivity contribution in [3.05, 3.63) is 47.3 Å². The van der Waals surface area contributed by atoms with Crippen LogP contribution >= 0.6 is 0 Å². The molecule has 0 saturated heterocycles. The number of imidazole rings is 1. The molecule has 5 rings (SSSR count). The van der Waals surface area contributed by atoms with Crippen LogP contribution in [0.1, 0.15) is 119 Å². The van der Waals surface area contributed by atoms with Gasteiger partial charge in [-0.1, -0.05) is 45.6 Å². The Balaban J connectivity index is 1.64. The Morgan fingerprint density at radius 1 is 1.14 bits per heavy atom. The van der Waals surface area contributed by atoms with Crippen LogP contribution in [-0.4, -0.2) is 27.5 Å². The third-order valence-corrected chi connectivity index (χ3v) is 8.74. The molecular weight excluding hydrogens is 456 g/mol. The molecule has 1 aliphatic carbocycles. The summed E-state index contributed by atoms with van der Waals surface area (Å²) in [6, 6.07) is 12.2. The molecule has 2 aliphatic rings. The number of unbranched alkanes of at least 4 members (excludes halogenated alkanes) is 1. The lowest BCUT2D eigenvalue weighted by atomic mass is 9.78. The second kappa shape index (κ2) is 11.6. The molecule has 1 fully saturated rings. The van der Waals surface area contributed by atoms with E-state index in [9.17, 15) is 10.4 Å². The van der Waals surface area contributed by atoms with Gasteiger partial charge in [0.1, 0.15) is 6.07 Å². The predicted octanol–water partition coefficient (Wildman–Crippen LogP) is 8.34. The molecule has 0 amide bonds. The maximum absolute atomic E-state index is 10.3. The Labute approximate surface area is 221 Å². The number of aromatic nitrogens is 2. The van der Waals surface area contributed by atoms with Crippen molar-refractivity contribution in [2.24, 2.45) is 4.99 Å². The van der Waals surface area contributed by atoms with Crippen LogP contribution in [0, 0.1) is 11.3 Å². The standard InChI is InChI=1S/C32H40N4O/c1-3-22(10-8-9-17-37)26-19-27(31-23(4-2)15-16-34-32(31)28(26)20-33)24-13-14-30-29(18-24)35-21-36(30)25-11-6-5-7-12-25/h13-14,16,18-19,21-23,25,37H,3-12,15,17H2,1-2H3. The van der Waals surface area contributed by atoms with Gasteiger partial charge in [-0.2, -0.15) is 5.26 Å². The van der Waals surface area contributed by atoms with Gasteiger partial charge in [0.2, 0.25) is 0 Å². The minimum Gasteiger partial charge on any atom is -0.396 e. The van der Waals surface area contributed by atoms with Crippen LogP contribution in [0.3, 0.4) is 0 Å². The molecule has 0 bridgehead atoms. The molecule has 2 atom stereocenters. The topological polar surface area (TPSA) is 74.2 Å². The minimum atomic E-state index is 0.215. The van der Waals surface area contributed by atoms with E-state index in [1.54, 1.807) is 0 Å². The van der Waals surface area contributed by atoms with E-state index in [2.05, 4.69) is 48.7 Å². The fourth-order valence-electron chi connectivity index (χ4n) is 6.62. The first-order chi connectivity index (χ1) is 18.2. The fraction of sp³-hybridized carbons (Fsp3) is 0.531. The van der Waals surface area contributed by atoms with Crippen LogP contribution in [0.2, 0.25) is 0 Å². The molecule has 3 aromatic rings. The van der Waals surface area contributed by atoms with Crippen molar-refractivity contribution in [2.75, 3.05) is 6.61 Å². The average Bonchev–Trinajstić information content (AvgIpc) is 3.38. The second-order valence-corrected chi connectivity index (χ2v) is 10.9. The largest absolute Gasteiger partial charge is 0.396 e. The molecule has 1 aromatic heterocycles. The number of nitriles is 1. The van der Waals surface area contributed by atoms with Crippen molar-refractivity contribution < 1.29 is 5.11 Å². The maximum atomic E-state index is 10.3. The van der Waals surface area contributed by atoms with Gasteiger partial charge in [-0.05, 0) is 97.2 Å². The first-order valence-corrected chi connectivity index (χ1v) is 14.4. The van der Waals surface area contributed by atoms with Gasteiger partial charge in [0.05, 0.1) is 28.6 Å². The molecule has 5 heteroatoms. The summed E-state index contributed by atoms with van der Waals surface area (Å²) in [5.74, 6) is 0.630. The normalized spacial score (nSPS) is 18.6. The van der Waals surface area contributed by atoms with Gasteiger partial charge in [0.25, 0.3) is 0 Å². The van der Waals surface area contributed by atoms with E-state index in [4.69, 9.17) is 9.98 Å². The highest BCUT2D eigenvalue weighted by atomic mass is 16.2. The zero-order valence-electron chi connectivity index (χ0n) is 22.4. The zero-order valence-corrected chi connectivity index (χ0v) is 22.4. The first-order valence-electron chi connectivity index (χ1n) is 14.4. The molecule has 1 N–H and O–H groups in total. The highest BCUT2D eigenvalue weighted by molar-refractivity contribution is 5.88. The molecule has 2 heterocycles. The van der Waals surface area contributed by atoms with Crippen LogP contribution in [0.5, 0.6) is 0 Å². The molecule has 2 aromatic carbocycles. The number of rotatable bonds is 9. The van der Waals surface area contributed by atoms with E-state index in [1.807, 2.05) is 12.5 Å². The Morgan fingerprint density at radius 3 is 2.70 bits per heavy atom. The molecular formula is C32H40N4O. The maximum Gasteiger partial charge on any atom is 0.102 e. The van der Waals surface area contributed by atoms with E-state index < -0.39 is 0 Å². The summed E-state index contributed by atoms with van der Waals surface area (Å²) in [4.78, 5) is 9.69. The van der Waals surface area contributed by atoms with Gasteiger partial charge >= 0.3 is 0 Å². The molecule has 2 unspecified atom stereocenters. The van der Waals surface area contributed by atoms with Crippen LogP contribution in [-0.2, 0) is 0 Å². The highest BCUT2D eigenvalue weighted by Gasteiger charge is 2.28. The van der Waals surface area contributed by atoms with Gasteiger partial charge in [-0.15, -0.1) is 0 Å². The van der Waals surface area contributed by atoms with E-state index in [-0.39, 0.29) is 12.5 Å². The monoisotopic (exact) mass is 496 g/mol. The van der Waals surface area contributed by atoms with E-state index >= 15 is 0 Å². The third kappa shape index (κ3) is 4.97. The summed E-state index contributed by atoms with van der Waals surface area (Å²) in [6.07, 6.45) is 16.1. The minimum absolute atomic E-state index is 0.215. The van der Waals surface area contributed by atoms with Crippen LogP contribution in [0.25, 0.3) is 22.2 Å². The Bertz CT molecular complexity index is 1310. The number of aliphatic hydroxyl groups excluding tert-OH is 1. The lowest BCUT2D eigenvalue weighted by Gasteiger charge is -2.28. The van der Waals surface area contributed by atoms with Gasteiger partial charge in [0.15, 0.2) is 0 Å². The Hall–Kier alpha value is -2.97. The van der Waals surface area contributed by atoms with Gasteiger partial charge in [-0.25, -0.2) is 4.98 Å². The van der Waals surface area contributed by atoms with Gasteiger partial charge < -0.3 is 9.67 Å². The summed E-state index contributed by atoms with van der Waals surface area (Å²) < 4.78 is 2.39. The van der Waals surface area contributed by atoms with E-state index in [0.717, 1.165) is 60.9 Å². The van der Waals surface area contributed by atoms with Crippen molar-refractivity contribution in [2.45, 2.75) is 102 Å². The van der Waals surface area contributed by atoms with E-state index in [1.165, 1.54) is 54.3 Å². The quantitative estimate of drug-likeness (QED) is 0.303. The SMILES string of the molecule is CCC(CCCCO)c1cc(-c2ccc3c(c2)ncn3C2CCCCC2)c2c(c1C#N)N=CCC2CC. The van der Waals surface area contributed by atoms with Crippen molar-refractivity contribution in [3.63, 3.8) is 0 Å². The smallest absolute Gasteiger partial charge is 0.102 e. The number of hydrogen-bond donors (Lipinski definition) is 1. The summed E-state index contributed by atoms with van der Waals surface area (Å²) in [5.41, 5.74) is 8.60. The summed E-state index contributed by atoms with van der Waals surface area (Å²) in [5, 5.41) is 19.6. The molecule has 1 saturated carbocycles. The Morgan fingerprint density at radius 2 is 1.97 bits per heavy atom. The zero-order chi connectivity index (χ0) is 25.8. The molecule has 194 valence electrons. The fourth-order valence-corrected chi connectivity index (χ4v) is 6.62. The molecule has 1 aliphatic heterocycles. The molecule has 0 radical (unpaired) electrons. The van der Waals surface area contributed by atoms with E-state index in [0.29, 0.717) is 12.0 Å². The van der Waals surface area contributed by atoms with Gasteiger partial charge in [-0.3, -0.25) is 4.99 Å². The van der Waals surface area contributed by atoms with Crippen molar-refractivity contribution in [3.8, 4) is 17.2 Å². The number of hydrogen-bond acceptors (Lipinski definition) is 4. The van der Waals surface area contributed by atoms with Crippen LogP contribution in [0.15, 0.2) is 35.6 Å². The lowest BCUT2D eigenvalue weighted by molar-refractivity contribution is 0.281. The van der Waals surface area contributed by atoms with Crippen molar-refractivity contribution in [1.82, 2.24) is 9.55 Å². The average molecular weight is 497 g/mol. The Kier molecular flexibility index (Phi) is 8.05. The first kappa shape index (κ1) is 25.7. The number of aliphatic hydroxyl groups is 1. The van der Waals surface area contributed by atoms with Crippen LogP contribution in [0.4, 0.5) is 5.69 Å². The predicted molar refractivity (Wildman–Crippen MR) is 152 cm³/mol. The number of benzene rings is 2. The second-order valence-electron chi connectivity index (χ2n) is 10.9. The highest BCUT2D eigenvalue weighted by Crippen LogP contribution is 2.47. The molecule has 0 spiro atoms. The number of fused-ring (bicyclic) bond motifs is 2. The number of nitrogens with zero attached hydrogens (tertiary/aromatic N) is 4. The summed E-state index contributed by atoms with van der Waals surface area (Å²) >= 11 is 0. The third-order valence-electron chi connectivity index (χ3n) is 8.74. The molecule has 5 nitrogen and oxygen atoms in total. The van der Waals surface area contributed by atoms with Crippen molar-refractivity contribution >= 4 is 22.9 Å². The summed E-state index contributed by atoms with van der Waals surface area (Å²) in [7, 11) is 0. The van der Waals surface area contributed by atoms with Crippen molar-refractivity contribution in [1.29, 1.82) is 5.26 Å². The number of aliphatic imine (C=N–C) groups is 1. The van der Waals surface area contributed by atoms with Gasteiger partial charge in [0, 0.05) is 18.9 Å².